The molecule has 0 fully saturated rings. The Hall–Kier alpha value is -2.42. The zero-order valence-corrected chi connectivity index (χ0v) is 18.6. The number of rotatable bonds is 6. The molecule has 1 aliphatic rings. The summed E-state index contributed by atoms with van der Waals surface area (Å²) in [6.07, 6.45) is 4.82. The molecule has 0 saturated carbocycles. The lowest BCUT2D eigenvalue weighted by Crippen LogP contribution is -2.51. The topological polar surface area (TPSA) is 82.3 Å². The van der Waals surface area contributed by atoms with Crippen LogP contribution in [0.2, 0.25) is 0 Å². The lowest BCUT2D eigenvalue weighted by Gasteiger charge is -2.31. The fourth-order valence-electron chi connectivity index (χ4n) is 3.76. The molecule has 2 aromatic heterocycles. The molecule has 0 bridgehead atoms. The highest BCUT2D eigenvalue weighted by molar-refractivity contribution is 7.91. The fraction of sp³-hybridized carbons (Fsp3) is 0.318. The van der Waals surface area contributed by atoms with E-state index in [-0.39, 0.29) is 16.0 Å². The van der Waals surface area contributed by atoms with Crippen molar-refractivity contribution < 1.29 is 13.2 Å². The number of fused-ring (bicyclic) bond motifs is 1. The van der Waals surface area contributed by atoms with Crippen LogP contribution in [0.5, 0.6) is 0 Å². The van der Waals surface area contributed by atoms with Crippen LogP contribution in [0.25, 0.3) is 16.5 Å². The molecule has 6 nitrogen and oxygen atoms in total. The van der Waals surface area contributed by atoms with Crippen molar-refractivity contribution in [2.24, 2.45) is 5.92 Å². The SMILES string of the molecule is CC(C)C(NS(=O)(=O)c1cccs1)C(=O)N1CC=C(c2c[nH]c3ccccc23)CC1. The van der Waals surface area contributed by atoms with Crippen molar-refractivity contribution in [2.75, 3.05) is 13.1 Å². The summed E-state index contributed by atoms with van der Waals surface area (Å²) >= 11 is 1.14. The quantitative estimate of drug-likeness (QED) is 0.607. The highest BCUT2D eigenvalue weighted by atomic mass is 32.2. The number of para-hydroxylation sites is 1. The Morgan fingerprint density at radius 1 is 1.20 bits per heavy atom. The fourth-order valence-corrected chi connectivity index (χ4v) is 6.11. The van der Waals surface area contributed by atoms with Crippen molar-refractivity contribution in [3.05, 3.63) is 59.6 Å². The van der Waals surface area contributed by atoms with Gasteiger partial charge in [-0.15, -0.1) is 11.3 Å². The molecule has 0 aliphatic carbocycles. The van der Waals surface area contributed by atoms with E-state index in [0.717, 1.165) is 28.8 Å². The van der Waals surface area contributed by atoms with Crippen LogP contribution in [0.15, 0.2) is 58.3 Å². The molecule has 1 aliphatic heterocycles. The van der Waals surface area contributed by atoms with Crippen LogP contribution in [0, 0.1) is 5.92 Å². The average molecular weight is 444 g/mol. The zero-order valence-electron chi connectivity index (χ0n) is 17.0. The molecule has 3 heterocycles. The van der Waals surface area contributed by atoms with Gasteiger partial charge in [-0.3, -0.25) is 4.79 Å². The molecule has 1 unspecified atom stereocenters. The molecule has 8 heteroatoms. The van der Waals surface area contributed by atoms with Crippen molar-refractivity contribution in [1.82, 2.24) is 14.6 Å². The molecular formula is C22H25N3O3S2. The number of hydrogen-bond acceptors (Lipinski definition) is 4. The summed E-state index contributed by atoms with van der Waals surface area (Å²) in [5, 5.41) is 2.88. The Morgan fingerprint density at radius 2 is 2.00 bits per heavy atom. The monoisotopic (exact) mass is 443 g/mol. The number of amides is 1. The number of hydrogen-bond donors (Lipinski definition) is 2. The molecule has 4 rings (SSSR count). The molecule has 1 aromatic carbocycles. The maximum atomic E-state index is 13.2. The summed E-state index contributed by atoms with van der Waals surface area (Å²) in [5.74, 6) is -0.342. The normalized spacial score (nSPS) is 16.1. The first-order valence-electron chi connectivity index (χ1n) is 9.97. The lowest BCUT2D eigenvalue weighted by molar-refractivity contribution is -0.133. The number of carbonyl (C=O) groups is 1. The highest BCUT2D eigenvalue weighted by Crippen LogP contribution is 2.29. The molecule has 2 N–H and O–H groups in total. The second kappa shape index (κ2) is 8.37. The van der Waals surface area contributed by atoms with Gasteiger partial charge in [0.1, 0.15) is 10.3 Å². The summed E-state index contributed by atoms with van der Waals surface area (Å²) in [7, 11) is -3.71. The van der Waals surface area contributed by atoms with E-state index in [1.54, 1.807) is 22.4 Å². The van der Waals surface area contributed by atoms with Crippen LogP contribution in [0.1, 0.15) is 25.8 Å². The molecule has 0 spiro atoms. The van der Waals surface area contributed by atoms with Gasteiger partial charge in [0, 0.05) is 35.8 Å². The number of nitrogens with zero attached hydrogens (tertiary/aromatic N) is 1. The summed E-state index contributed by atoms with van der Waals surface area (Å²) < 4.78 is 28.1. The second-order valence-electron chi connectivity index (χ2n) is 7.79. The third-order valence-corrected chi connectivity index (χ3v) is 8.27. The third-order valence-electron chi connectivity index (χ3n) is 5.43. The Balaban J connectivity index is 1.50. The Morgan fingerprint density at radius 3 is 2.67 bits per heavy atom. The van der Waals surface area contributed by atoms with Crippen LogP contribution < -0.4 is 4.72 Å². The molecule has 1 atom stereocenters. The molecule has 0 radical (unpaired) electrons. The van der Waals surface area contributed by atoms with E-state index in [0.29, 0.717) is 13.1 Å². The standard InChI is InChI=1S/C22H25N3O3S2/c1-15(2)21(24-30(27,28)20-8-5-13-29-20)22(26)25-11-9-16(10-12-25)18-14-23-19-7-4-3-6-17(18)19/h3-9,13-15,21,23-24H,10-12H2,1-2H3. The van der Waals surface area contributed by atoms with Crippen LogP contribution in [-0.2, 0) is 14.8 Å². The summed E-state index contributed by atoms with van der Waals surface area (Å²) in [6, 6.07) is 10.6. The first-order valence-corrected chi connectivity index (χ1v) is 12.3. The van der Waals surface area contributed by atoms with Crippen LogP contribution in [0.3, 0.4) is 0 Å². The van der Waals surface area contributed by atoms with E-state index in [4.69, 9.17) is 0 Å². The van der Waals surface area contributed by atoms with Gasteiger partial charge in [0.15, 0.2) is 0 Å². The first-order chi connectivity index (χ1) is 14.4. The van der Waals surface area contributed by atoms with Crippen LogP contribution in [-0.4, -0.2) is 43.3 Å². The minimum absolute atomic E-state index is 0.161. The number of benzene rings is 1. The van der Waals surface area contributed by atoms with Gasteiger partial charge in [-0.05, 0) is 35.4 Å². The predicted molar refractivity (Wildman–Crippen MR) is 121 cm³/mol. The van der Waals surface area contributed by atoms with E-state index in [1.165, 1.54) is 11.0 Å². The van der Waals surface area contributed by atoms with E-state index in [9.17, 15) is 13.2 Å². The maximum Gasteiger partial charge on any atom is 0.250 e. The predicted octanol–water partition coefficient (Wildman–Crippen LogP) is 3.85. The van der Waals surface area contributed by atoms with E-state index < -0.39 is 16.1 Å². The maximum absolute atomic E-state index is 13.2. The third kappa shape index (κ3) is 4.08. The molecule has 30 heavy (non-hydrogen) atoms. The summed E-state index contributed by atoms with van der Waals surface area (Å²) in [5.41, 5.74) is 3.46. The number of aromatic nitrogens is 1. The molecule has 0 saturated heterocycles. The van der Waals surface area contributed by atoms with Crippen molar-refractivity contribution in [1.29, 1.82) is 0 Å². The van der Waals surface area contributed by atoms with Crippen molar-refractivity contribution in [3.63, 3.8) is 0 Å². The van der Waals surface area contributed by atoms with Gasteiger partial charge in [0.2, 0.25) is 5.91 Å². The van der Waals surface area contributed by atoms with Crippen LogP contribution >= 0.6 is 11.3 Å². The second-order valence-corrected chi connectivity index (χ2v) is 10.7. The summed E-state index contributed by atoms with van der Waals surface area (Å²) in [4.78, 5) is 18.2. The van der Waals surface area contributed by atoms with Gasteiger partial charge < -0.3 is 9.88 Å². The highest BCUT2D eigenvalue weighted by Gasteiger charge is 2.32. The minimum atomic E-state index is -3.71. The molecule has 1 amide bonds. The Bertz CT molecular complexity index is 1180. The number of sulfonamides is 1. The van der Waals surface area contributed by atoms with Gasteiger partial charge >= 0.3 is 0 Å². The van der Waals surface area contributed by atoms with Crippen molar-refractivity contribution in [3.8, 4) is 0 Å². The van der Waals surface area contributed by atoms with Gasteiger partial charge in [-0.1, -0.05) is 44.2 Å². The molecule has 158 valence electrons. The number of aromatic amines is 1. The van der Waals surface area contributed by atoms with E-state index in [2.05, 4.69) is 21.8 Å². The Labute approximate surface area is 180 Å². The smallest absolute Gasteiger partial charge is 0.250 e. The largest absolute Gasteiger partial charge is 0.361 e. The van der Waals surface area contributed by atoms with Crippen LogP contribution in [0.4, 0.5) is 0 Å². The van der Waals surface area contributed by atoms with Crippen molar-refractivity contribution in [2.45, 2.75) is 30.5 Å². The Kier molecular flexibility index (Phi) is 5.81. The summed E-state index contributed by atoms with van der Waals surface area (Å²) in [6.45, 7) is 4.75. The van der Waals surface area contributed by atoms with E-state index in [1.807, 2.05) is 38.2 Å². The minimum Gasteiger partial charge on any atom is -0.361 e. The van der Waals surface area contributed by atoms with Gasteiger partial charge in [-0.25, -0.2) is 8.42 Å². The van der Waals surface area contributed by atoms with Gasteiger partial charge in [0.05, 0.1) is 0 Å². The average Bonchev–Trinajstić information content (AvgIpc) is 3.42. The lowest BCUT2D eigenvalue weighted by atomic mass is 9.97. The number of thiophene rings is 1. The number of carbonyl (C=O) groups excluding carboxylic acids is 1. The molecular weight excluding hydrogens is 418 g/mol. The number of nitrogens with one attached hydrogen (secondary N) is 2. The number of H-pyrrole nitrogens is 1. The van der Waals surface area contributed by atoms with Gasteiger partial charge in [-0.2, -0.15) is 4.72 Å². The van der Waals surface area contributed by atoms with E-state index >= 15 is 0 Å². The first kappa shape index (κ1) is 20.8. The van der Waals surface area contributed by atoms with Gasteiger partial charge in [0.25, 0.3) is 10.0 Å². The zero-order chi connectivity index (χ0) is 21.3. The van der Waals surface area contributed by atoms with Crippen molar-refractivity contribution >= 4 is 43.7 Å². The molecule has 3 aromatic rings.